The zero-order valence-corrected chi connectivity index (χ0v) is 11.6. The molecule has 1 aromatic heterocycles. The van der Waals surface area contributed by atoms with Gasteiger partial charge in [0.15, 0.2) is 0 Å². The van der Waals surface area contributed by atoms with Gasteiger partial charge < -0.3 is 5.32 Å². The first-order valence-corrected chi connectivity index (χ1v) is 7.37. The number of hydrogen-bond donors (Lipinski definition) is 2. The lowest BCUT2D eigenvalue weighted by Crippen LogP contribution is -2.15. The van der Waals surface area contributed by atoms with E-state index in [0.717, 1.165) is 6.07 Å². The molecule has 0 radical (unpaired) electrons. The van der Waals surface area contributed by atoms with Crippen molar-refractivity contribution in [2.75, 3.05) is 11.8 Å². The second-order valence-corrected chi connectivity index (χ2v) is 5.79. The SMILES string of the molecule is CNCc1ccc(F)c(S(=O)(=O)Nc2ccncc2)c1. The van der Waals surface area contributed by atoms with Crippen LogP contribution in [0.15, 0.2) is 47.6 Å². The molecule has 0 saturated carbocycles. The highest BCUT2D eigenvalue weighted by Crippen LogP contribution is 2.19. The molecule has 0 amide bonds. The van der Waals surface area contributed by atoms with Crippen molar-refractivity contribution in [3.05, 3.63) is 54.1 Å². The molecule has 0 unspecified atom stereocenters. The molecule has 106 valence electrons. The summed E-state index contributed by atoms with van der Waals surface area (Å²) in [5.41, 5.74) is 1.02. The Morgan fingerprint density at radius 3 is 2.55 bits per heavy atom. The van der Waals surface area contributed by atoms with Gasteiger partial charge >= 0.3 is 0 Å². The van der Waals surface area contributed by atoms with Crippen LogP contribution in [0.25, 0.3) is 0 Å². The minimum Gasteiger partial charge on any atom is -0.316 e. The molecular formula is C13H14FN3O2S. The number of halogens is 1. The van der Waals surface area contributed by atoms with E-state index in [1.165, 1.54) is 36.7 Å². The lowest BCUT2D eigenvalue weighted by Gasteiger charge is -2.10. The van der Waals surface area contributed by atoms with Gasteiger partial charge in [-0.25, -0.2) is 12.8 Å². The first-order valence-electron chi connectivity index (χ1n) is 5.89. The van der Waals surface area contributed by atoms with Gasteiger partial charge in [0.25, 0.3) is 10.0 Å². The predicted molar refractivity (Wildman–Crippen MR) is 74.2 cm³/mol. The lowest BCUT2D eigenvalue weighted by atomic mass is 10.2. The molecule has 0 fully saturated rings. The van der Waals surface area contributed by atoms with E-state index in [9.17, 15) is 12.8 Å². The van der Waals surface area contributed by atoms with Crippen LogP contribution in [0, 0.1) is 5.82 Å². The van der Waals surface area contributed by atoms with Crippen LogP contribution in [0.1, 0.15) is 5.56 Å². The van der Waals surface area contributed by atoms with Crippen molar-refractivity contribution >= 4 is 15.7 Å². The number of nitrogens with zero attached hydrogens (tertiary/aromatic N) is 1. The molecule has 0 saturated heterocycles. The van der Waals surface area contributed by atoms with Crippen LogP contribution in [0.4, 0.5) is 10.1 Å². The molecule has 0 atom stereocenters. The summed E-state index contributed by atoms with van der Waals surface area (Å²) in [5, 5.41) is 2.89. The topological polar surface area (TPSA) is 71.1 Å². The molecule has 0 bridgehead atoms. The van der Waals surface area contributed by atoms with Gasteiger partial charge in [-0.15, -0.1) is 0 Å². The summed E-state index contributed by atoms with van der Waals surface area (Å²) in [7, 11) is -2.24. The largest absolute Gasteiger partial charge is 0.316 e. The van der Waals surface area contributed by atoms with E-state index in [1.807, 2.05) is 0 Å². The van der Waals surface area contributed by atoms with Crippen molar-refractivity contribution in [1.82, 2.24) is 10.3 Å². The Kier molecular flexibility index (Phi) is 4.31. The van der Waals surface area contributed by atoms with Crippen molar-refractivity contribution in [3.8, 4) is 0 Å². The quantitative estimate of drug-likeness (QED) is 0.881. The summed E-state index contributed by atoms with van der Waals surface area (Å²) in [5.74, 6) is -0.786. The Labute approximate surface area is 116 Å². The van der Waals surface area contributed by atoms with Gasteiger partial charge in [-0.05, 0) is 36.9 Å². The Balaban J connectivity index is 2.36. The van der Waals surface area contributed by atoms with Crippen LogP contribution in [0.5, 0.6) is 0 Å². The predicted octanol–water partition coefficient (Wildman–Crippen LogP) is 1.74. The summed E-state index contributed by atoms with van der Waals surface area (Å²) in [4.78, 5) is 3.41. The molecule has 5 nitrogen and oxygen atoms in total. The second-order valence-electron chi connectivity index (χ2n) is 4.14. The highest BCUT2D eigenvalue weighted by molar-refractivity contribution is 7.92. The highest BCUT2D eigenvalue weighted by atomic mass is 32.2. The Morgan fingerprint density at radius 1 is 1.20 bits per heavy atom. The van der Waals surface area contributed by atoms with Crippen molar-refractivity contribution in [2.45, 2.75) is 11.4 Å². The number of rotatable bonds is 5. The third kappa shape index (κ3) is 3.31. The van der Waals surface area contributed by atoms with E-state index in [4.69, 9.17) is 0 Å². The Bertz CT molecular complexity index is 690. The average molecular weight is 295 g/mol. The van der Waals surface area contributed by atoms with E-state index in [1.54, 1.807) is 7.05 Å². The maximum Gasteiger partial charge on any atom is 0.264 e. The van der Waals surface area contributed by atoms with Gasteiger partial charge in [0.1, 0.15) is 10.7 Å². The van der Waals surface area contributed by atoms with Crippen LogP contribution in [-0.2, 0) is 16.6 Å². The fraction of sp³-hybridized carbons (Fsp3) is 0.154. The molecule has 0 aliphatic carbocycles. The summed E-state index contributed by atoms with van der Waals surface area (Å²) in [6.07, 6.45) is 2.90. The zero-order chi connectivity index (χ0) is 14.6. The number of sulfonamides is 1. The number of benzene rings is 1. The monoisotopic (exact) mass is 295 g/mol. The van der Waals surface area contributed by atoms with Crippen molar-refractivity contribution < 1.29 is 12.8 Å². The van der Waals surface area contributed by atoms with Gasteiger partial charge in [-0.1, -0.05) is 6.07 Å². The van der Waals surface area contributed by atoms with Gasteiger partial charge in [0.2, 0.25) is 0 Å². The smallest absolute Gasteiger partial charge is 0.264 e. The van der Waals surface area contributed by atoms with Crippen LogP contribution in [0.3, 0.4) is 0 Å². The average Bonchev–Trinajstić information content (AvgIpc) is 2.42. The van der Waals surface area contributed by atoms with Gasteiger partial charge in [-0.2, -0.15) is 0 Å². The summed E-state index contributed by atoms with van der Waals surface area (Å²) in [6.45, 7) is 0.456. The second kappa shape index (κ2) is 5.98. The van der Waals surface area contributed by atoms with Gasteiger partial charge in [0.05, 0.1) is 5.69 Å². The molecule has 2 N–H and O–H groups in total. The zero-order valence-electron chi connectivity index (χ0n) is 10.8. The van der Waals surface area contributed by atoms with E-state index in [-0.39, 0.29) is 4.90 Å². The number of nitrogens with one attached hydrogen (secondary N) is 2. The molecule has 0 spiro atoms. The molecule has 2 rings (SSSR count). The number of pyridine rings is 1. The summed E-state index contributed by atoms with van der Waals surface area (Å²) < 4.78 is 40.4. The molecule has 0 aliphatic heterocycles. The molecule has 1 heterocycles. The molecule has 1 aromatic carbocycles. The van der Waals surface area contributed by atoms with E-state index in [0.29, 0.717) is 17.8 Å². The number of anilines is 1. The molecule has 7 heteroatoms. The maximum absolute atomic E-state index is 13.8. The maximum atomic E-state index is 13.8. The molecule has 2 aromatic rings. The minimum atomic E-state index is -3.97. The normalized spacial score (nSPS) is 11.3. The van der Waals surface area contributed by atoms with E-state index in [2.05, 4.69) is 15.0 Å². The highest BCUT2D eigenvalue weighted by Gasteiger charge is 2.19. The van der Waals surface area contributed by atoms with Crippen LogP contribution >= 0.6 is 0 Å². The van der Waals surface area contributed by atoms with Crippen molar-refractivity contribution in [2.24, 2.45) is 0 Å². The van der Waals surface area contributed by atoms with Crippen LogP contribution in [0.2, 0.25) is 0 Å². The van der Waals surface area contributed by atoms with Crippen LogP contribution < -0.4 is 10.0 Å². The third-order valence-corrected chi connectivity index (χ3v) is 3.99. The van der Waals surface area contributed by atoms with Gasteiger partial charge in [-0.3, -0.25) is 9.71 Å². The fourth-order valence-corrected chi connectivity index (χ4v) is 2.89. The molecular weight excluding hydrogens is 281 g/mol. The first-order chi connectivity index (χ1) is 9.53. The summed E-state index contributed by atoms with van der Waals surface area (Å²) in [6, 6.07) is 6.99. The number of aromatic nitrogens is 1. The Morgan fingerprint density at radius 2 is 1.90 bits per heavy atom. The first kappa shape index (κ1) is 14.4. The molecule has 20 heavy (non-hydrogen) atoms. The van der Waals surface area contributed by atoms with E-state index < -0.39 is 15.8 Å². The minimum absolute atomic E-state index is 0.332. The van der Waals surface area contributed by atoms with Crippen molar-refractivity contribution in [1.29, 1.82) is 0 Å². The fourth-order valence-electron chi connectivity index (χ4n) is 1.70. The number of hydrogen-bond acceptors (Lipinski definition) is 4. The molecule has 0 aliphatic rings. The Hall–Kier alpha value is -1.99. The van der Waals surface area contributed by atoms with Gasteiger partial charge in [0, 0.05) is 18.9 Å². The summed E-state index contributed by atoms with van der Waals surface area (Å²) >= 11 is 0. The third-order valence-electron chi connectivity index (χ3n) is 2.60. The van der Waals surface area contributed by atoms with Crippen molar-refractivity contribution in [3.63, 3.8) is 0 Å². The standard InChI is InChI=1S/C13H14FN3O2S/c1-15-9-10-2-3-12(14)13(8-10)20(18,19)17-11-4-6-16-7-5-11/h2-8,15H,9H2,1H3,(H,16,17). The van der Waals surface area contributed by atoms with E-state index >= 15 is 0 Å². The lowest BCUT2D eigenvalue weighted by molar-refractivity contribution is 0.569. The van der Waals surface area contributed by atoms with Crippen LogP contribution in [-0.4, -0.2) is 20.4 Å².